The largest absolute Gasteiger partial charge is 0.481 e. The highest BCUT2D eigenvalue weighted by atomic mass is 16.5. The Balaban J connectivity index is 1.15. The molecule has 0 bridgehead atoms. The lowest BCUT2D eigenvalue weighted by molar-refractivity contribution is -0.139. The summed E-state index contributed by atoms with van der Waals surface area (Å²) in [4.78, 5) is 35.2. The van der Waals surface area contributed by atoms with E-state index in [4.69, 9.17) is 9.84 Å². The van der Waals surface area contributed by atoms with Crippen molar-refractivity contribution >= 4 is 18.0 Å². The van der Waals surface area contributed by atoms with Crippen LogP contribution in [0.5, 0.6) is 0 Å². The molecule has 0 aromatic heterocycles. The molecular formula is C26H30N2O5. The van der Waals surface area contributed by atoms with Crippen LogP contribution in [0, 0.1) is 17.8 Å². The van der Waals surface area contributed by atoms with E-state index in [1.165, 1.54) is 22.3 Å². The third-order valence-corrected chi connectivity index (χ3v) is 6.65. The first-order valence-corrected chi connectivity index (χ1v) is 11.5. The highest BCUT2D eigenvalue weighted by molar-refractivity contribution is 5.79. The molecule has 3 atom stereocenters. The third-order valence-electron chi connectivity index (χ3n) is 6.65. The predicted molar refractivity (Wildman–Crippen MR) is 124 cm³/mol. The lowest BCUT2D eigenvalue weighted by Crippen LogP contribution is -2.32. The number of carboxylic acid groups (broad SMARTS) is 1. The number of hydrogen-bond donors (Lipinski definition) is 3. The summed E-state index contributed by atoms with van der Waals surface area (Å²) in [5, 5.41) is 14.5. The van der Waals surface area contributed by atoms with E-state index in [-0.39, 0.29) is 36.2 Å². The lowest BCUT2D eigenvalue weighted by atomic mass is 9.98. The molecule has 2 aromatic rings. The highest BCUT2D eigenvalue weighted by Gasteiger charge is 2.43. The summed E-state index contributed by atoms with van der Waals surface area (Å²) in [5.41, 5.74) is 4.73. The molecule has 2 aliphatic carbocycles. The molecule has 33 heavy (non-hydrogen) atoms. The van der Waals surface area contributed by atoms with Crippen LogP contribution in [0.4, 0.5) is 4.79 Å². The second-order valence-electron chi connectivity index (χ2n) is 8.98. The van der Waals surface area contributed by atoms with Crippen molar-refractivity contribution in [1.82, 2.24) is 10.6 Å². The third kappa shape index (κ3) is 5.35. The minimum atomic E-state index is -0.790. The molecule has 7 nitrogen and oxygen atoms in total. The summed E-state index contributed by atoms with van der Waals surface area (Å²) in [6.45, 7) is 2.96. The summed E-state index contributed by atoms with van der Waals surface area (Å²) in [5.74, 6) is -1.31. The second kappa shape index (κ2) is 10.1. The van der Waals surface area contributed by atoms with Gasteiger partial charge in [-0.1, -0.05) is 55.5 Å². The minimum Gasteiger partial charge on any atom is -0.481 e. The van der Waals surface area contributed by atoms with E-state index in [9.17, 15) is 14.4 Å². The number of aliphatic carboxylic acids is 1. The van der Waals surface area contributed by atoms with Gasteiger partial charge in [-0.25, -0.2) is 4.79 Å². The van der Waals surface area contributed by atoms with Crippen LogP contribution < -0.4 is 10.6 Å². The molecule has 174 valence electrons. The van der Waals surface area contributed by atoms with Gasteiger partial charge in [0.15, 0.2) is 0 Å². The van der Waals surface area contributed by atoms with Gasteiger partial charge in [-0.15, -0.1) is 0 Å². The molecule has 0 saturated heterocycles. The van der Waals surface area contributed by atoms with E-state index in [0.29, 0.717) is 32.4 Å². The molecule has 3 N–H and O–H groups in total. The topological polar surface area (TPSA) is 105 Å². The zero-order valence-corrected chi connectivity index (χ0v) is 18.8. The van der Waals surface area contributed by atoms with Gasteiger partial charge in [-0.05, 0) is 47.4 Å². The number of fused-ring (bicyclic) bond motifs is 3. The molecule has 1 saturated carbocycles. The van der Waals surface area contributed by atoms with Crippen molar-refractivity contribution in [2.45, 2.75) is 32.1 Å². The Morgan fingerprint density at radius 3 is 2.27 bits per heavy atom. The van der Waals surface area contributed by atoms with Crippen LogP contribution in [-0.4, -0.2) is 42.8 Å². The van der Waals surface area contributed by atoms with E-state index in [2.05, 4.69) is 34.9 Å². The van der Waals surface area contributed by atoms with Gasteiger partial charge >= 0.3 is 12.1 Å². The van der Waals surface area contributed by atoms with Crippen LogP contribution in [-0.2, 0) is 14.3 Å². The summed E-state index contributed by atoms with van der Waals surface area (Å²) in [6, 6.07) is 16.4. The Morgan fingerprint density at radius 2 is 1.67 bits per heavy atom. The van der Waals surface area contributed by atoms with E-state index in [1.54, 1.807) is 0 Å². The molecule has 0 aliphatic heterocycles. The number of carbonyl (C=O) groups excluding carboxylic acids is 2. The van der Waals surface area contributed by atoms with E-state index < -0.39 is 12.1 Å². The molecule has 0 spiro atoms. The van der Waals surface area contributed by atoms with Crippen LogP contribution in [0.25, 0.3) is 11.1 Å². The first-order chi connectivity index (χ1) is 16.0. The molecule has 1 unspecified atom stereocenters. The van der Waals surface area contributed by atoms with Gasteiger partial charge in [0.2, 0.25) is 5.91 Å². The fourth-order valence-corrected chi connectivity index (χ4v) is 4.56. The Bertz CT molecular complexity index is 991. The average Bonchev–Trinajstić information content (AvgIpc) is 3.54. The standard InChI is InChI=1S/C26H30N2O5/c1-16(24(29)28-14-17-13-22(17)25(30)31)7-6-12-27-26(32)33-15-23-20-10-4-2-8-18(20)19-9-3-5-11-21(19)23/h2-5,8-11,16-17,22-23H,6-7,12-15H2,1H3,(H,27,32)(H,28,29)(H,30,31)/t16?,17-,22-/m1/s1. The van der Waals surface area contributed by atoms with Crippen LogP contribution in [0.3, 0.4) is 0 Å². The molecule has 2 amide bonds. The number of carbonyl (C=O) groups is 3. The van der Waals surface area contributed by atoms with Gasteiger partial charge in [-0.2, -0.15) is 0 Å². The Hall–Kier alpha value is -3.35. The fraction of sp³-hybridized carbons (Fsp3) is 0.423. The van der Waals surface area contributed by atoms with Gasteiger partial charge in [0.1, 0.15) is 6.61 Å². The van der Waals surface area contributed by atoms with E-state index in [0.717, 1.165) is 0 Å². The van der Waals surface area contributed by atoms with Gasteiger partial charge in [0.25, 0.3) is 0 Å². The molecule has 0 heterocycles. The molecule has 2 aromatic carbocycles. The average molecular weight is 451 g/mol. The van der Waals surface area contributed by atoms with Crippen molar-refractivity contribution in [2.24, 2.45) is 17.8 Å². The van der Waals surface area contributed by atoms with Crippen LogP contribution in [0.15, 0.2) is 48.5 Å². The number of nitrogens with one attached hydrogen (secondary N) is 2. The number of benzene rings is 2. The van der Waals surface area contributed by atoms with Crippen LogP contribution in [0.1, 0.15) is 43.2 Å². The van der Waals surface area contributed by atoms with Crippen molar-refractivity contribution in [3.05, 3.63) is 59.7 Å². The fourth-order valence-electron chi connectivity index (χ4n) is 4.56. The number of carboxylic acids is 1. The van der Waals surface area contributed by atoms with E-state index in [1.807, 2.05) is 31.2 Å². The van der Waals surface area contributed by atoms with Crippen LogP contribution in [0.2, 0.25) is 0 Å². The molecule has 7 heteroatoms. The molecule has 1 fully saturated rings. The quantitative estimate of drug-likeness (QED) is 0.478. The summed E-state index contributed by atoms with van der Waals surface area (Å²) in [6.07, 6.45) is 1.46. The smallest absolute Gasteiger partial charge is 0.407 e. The predicted octanol–water partition coefficient (Wildman–Crippen LogP) is 3.78. The normalized spacial score (nSPS) is 19.2. The van der Waals surface area contributed by atoms with Gasteiger partial charge in [-0.3, -0.25) is 9.59 Å². The van der Waals surface area contributed by atoms with Crippen molar-refractivity contribution in [3.8, 4) is 11.1 Å². The van der Waals surface area contributed by atoms with E-state index >= 15 is 0 Å². The Morgan fingerprint density at radius 1 is 1.03 bits per heavy atom. The van der Waals surface area contributed by atoms with Crippen LogP contribution >= 0.6 is 0 Å². The molecule has 4 rings (SSSR count). The number of rotatable bonds is 10. The minimum absolute atomic E-state index is 0.0269. The maximum absolute atomic E-state index is 12.2. The van der Waals surface area contributed by atoms with Crippen molar-refractivity contribution < 1.29 is 24.2 Å². The zero-order chi connectivity index (χ0) is 23.4. The van der Waals surface area contributed by atoms with Gasteiger partial charge in [0, 0.05) is 24.9 Å². The summed E-state index contributed by atoms with van der Waals surface area (Å²) >= 11 is 0. The molecule has 2 aliphatic rings. The highest BCUT2D eigenvalue weighted by Crippen LogP contribution is 2.44. The second-order valence-corrected chi connectivity index (χ2v) is 8.98. The Kier molecular flexibility index (Phi) is 6.96. The number of alkyl carbamates (subject to hydrolysis) is 1. The van der Waals surface area contributed by atoms with Crippen molar-refractivity contribution in [2.75, 3.05) is 19.7 Å². The number of amides is 2. The summed E-state index contributed by atoms with van der Waals surface area (Å²) < 4.78 is 5.52. The van der Waals surface area contributed by atoms with Gasteiger partial charge in [0.05, 0.1) is 5.92 Å². The summed E-state index contributed by atoms with van der Waals surface area (Å²) in [7, 11) is 0. The molecule has 0 radical (unpaired) electrons. The maximum Gasteiger partial charge on any atom is 0.407 e. The first kappa shape index (κ1) is 22.8. The van der Waals surface area contributed by atoms with Gasteiger partial charge < -0.3 is 20.5 Å². The molecular weight excluding hydrogens is 420 g/mol. The SMILES string of the molecule is CC(CCCNC(=O)OCC1c2ccccc2-c2ccccc21)C(=O)NC[C@H]1C[C@H]1C(=O)O. The first-order valence-electron chi connectivity index (χ1n) is 11.5. The monoisotopic (exact) mass is 450 g/mol. The zero-order valence-electron chi connectivity index (χ0n) is 18.8. The lowest BCUT2D eigenvalue weighted by Gasteiger charge is -2.15. The maximum atomic E-state index is 12.2. The van der Waals surface area contributed by atoms with Crippen molar-refractivity contribution in [1.29, 1.82) is 0 Å². The Labute approximate surface area is 193 Å². The number of hydrogen-bond acceptors (Lipinski definition) is 4. The number of ether oxygens (including phenoxy) is 1. The van der Waals surface area contributed by atoms with Crippen molar-refractivity contribution in [3.63, 3.8) is 0 Å².